The summed E-state index contributed by atoms with van der Waals surface area (Å²) in [6.45, 7) is 2.00. The molecule has 2 atom stereocenters. The van der Waals surface area contributed by atoms with Crippen LogP contribution in [0.1, 0.15) is 27.6 Å². The van der Waals surface area contributed by atoms with Crippen LogP contribution < -0.4 is 16.2 Å². The highest BCUT2D eigenvalue weighted by Gasteiger charge is 2.36. The predicted octanol–water partition coefficient (Wildman–Crippen LogP) is 2.73. The Balaban J connectivity index is 1.31. The predicted molar refractivity (Wildman–Crippen MR) is 140 cm³/mol. The number of hydrogen-bond donors (Lipinski definition) is 3. The van der Waals surface area contributed by atoms with Crippen LogP contribution in [0.4, 0.5) is 0 Å². The summed E-state index contributed by atoms with van der Waals surface area (Å²) < 4.78 is 1.48. The molecule has 3 amide bonds. The zero-order valence-corrected chi connectivity index (χ0v) is 20.7. The zero-order chi connectivity index (χ0) is 26.1. The molecule has 4 aromatic rings. The first kappa shape index (κ1) is 24.3. The molecule has 1 aliphatic heterocycles. The number of fused-ring (bicyclic) bond motifs is 1. The second-order valence-corrected chi connectivity index (χ2v) is 9.34. The van der Waals surface area contributed by atoms with Crippen LogP contribution in [0.15, 0.2) is 77.9 Å². The number of hydrogen-bond acceptors (Lipinski definition) is 4. The van der Waals surface area contributed by atoms with Gasteiger partial charge in [0.1, 0.15) is 0 Å². The summed E-state index contributed by atoms with van der Waals surface area (Å²) in [5.74, 6) is -0.805. The Kier molecular flexibility index (Phi) is 6.54. The minimum atomic E-state index is -0.486. The Morgan fingerprint density at radius 1 is 0.919 bits per heavy atom. The average molecular weight is 518 g/mol. The highest BCUT2D eigenvalue weighted by molar-refractivity contribution is 6.35. The highest BCUT2D eigenvalue weighted by Crippen LogP contribution is 2.24. The lowest BCUT2D eigenvalue weighted by Crippen LogP contribution is -2.51. The van der Waals surface area contributed by atoms with Crippen molar-refractivity contribution in [3.8, 4) is 5.69 Å². The zero-order valence-electron chi connectivity index (χ0n) is 19.9. The van der Waals surface area contributed by atoms with Gasteiger partial charge in [-0.25, -0.2) is 0 Å². The lowest BCUT2D eigenvalue weighted by atomic mass is 10.1. The summed E-state index contributed by atoms with van der Waals surface area (Å²) in [6.07, 6.45) is 3.31. The van der Waals surface area contributed by atoms with E-state index in [1.165, 1.54) is 17.6 Å². The van der Waals surface area contributed by atoms with E-state index in [1.54, 1.807) is 71.9 Å². The number of amides is 3. The molecule has 1 aliphatic rings. The van der Waals surface area contributed by atoms with Crippen LogP contribution in [0.3, 0.4) is 0 Å². The molecule has 1 fully saturated rings. The number of pyridine rings is 1. The van der Waals surface area contributed by atoms with Crippen molar-refractivity contribution >= 4 is 40.2 Å². The number of halogens is 1. The van der Waals surface area contributed by atoms with Gasteiger partial charge in [0.25, 0.3) is 17.4 Å². The van der Waals surface area contributed by atoms with Crippen LogP contribution in [-0.2, 0) is 4.79 Å². The number of nitrogens with one attached hydrogen (secondary N) is 3. The topological polar surface area (TPSA) is 116 Å². The molecule has 5 rings (SSSR count). The molecule has 0 unspecified atom stereocenters. The van der Waals surface area contributed by atoms with Crippen molar-refractivity contribution in [1.82, 2.24) is 25.1 Å². The second kappa shape index (κ2) is 9.94. The summed E-state index contributed by atoms with van der Waals surface area (Å²) in [7, 11) is 0. The Hall–Kier alpha value is -4.37. The van der Waals surface area contributed by atoms with Gasteiger partial charge < -0.3 is 20.5 Å². The molecule has 1 saturated heterocycles. The van der Waals surface area contributed by atoms with Crippen LogP contribution in [0, 0.1) is 0 Å². The molecule has 0 spiro atoms. The van der Waals surface area contributed by atoms with Crippen molar-refractivity contribution in [2.45, 2.75) is 19.0 Å². The van der Waals surface area contributed by atoms with Gasteiger partial charge in [0.15, 0.2) is 0 Å². The molecule has 188 valence electrons. The second-order valence-electron chi connectivity index (χ2n) is 8.94. The Bertz CT molecular complexity index is 1560. The first-order chi connectivity index (χ1) is 17.8. The van der Waals surface area contributed by atoms with E-state index in [4.69, 9.17) is 11.6 Å². The molecule has 2 aromatic carbocycles. The van der Waals surface area contributed by atoms with Crippen molar-refractivity contribution in [2.75, 3.05) is 13.1 Å². The maximum absolute atomic E-state index is 13.0. The van der Waals surface area contributed by atoms with Gasteiger partial charge in [-0.2, -0.15) is 0 Å². The van der Waals surface area contributed by atoms with Crippen LogP contribution >= 0.6 is 11.6 Å². The van der Waals surface area contributed by atoms with Crippen molar-refractivity contribution in [2.24, 2.45) is 0 Å². The molecule has 0 aliphatic carbocycles. The number of likely N-dealkylation sites (tertiary alicyclic amines) is 1. The van der Waals surface area contributed by atoms with Gasteiger partial charge in [-0.05, 0) is 42.5 Å². The summed E-state index contributed by atoms with van der Waals surface area (Å²) in [4.78, 5) is 54.8. The maximum atomic E-state index is 13.0. The molecule has 10 heteroatoms. The van der Waals surface area contributed by atoms with Crippen LogP contribution in [0.25, 0.3) is 16.6 Å². The standard InChI is InChI=1S/C27H24ClN5O4/c1-16(34)32-14-23(24(15-32)31-27(37)18-7-10-20-21(28)13-29-22(20)12-18)30-26(36)17-5-8-19(9-6-17)33-11-3-2-4-25(33)35/h2-13,23-24,29H,14-15H2,1H3,(H,30,36)(H,31,37)/t23-,24+/m0/s1. The van der Waals surface area contributed by atoms with E-state index >= 15 is 0 Å². The Morgan fingerprint density at radius 3 is 2.22 bits per heavy atom. The number of nitrogens with zero attached hydrogens (tertiary/aromatic N) is 2. The van der Waals surface area contributed by atoms with Crippen LogP contribution in [0.2, 0.25) is 5.02 Å². The van der Waals surface area contributed by atoms with E-state index in [0.717, 1.165) is 10.9 Å². The summed E-state index contributed by atoms with van der Waals surface area (Å²) in [5, 5.41) is 7.30. The van der Waals surface area contributed by atoms with Gasteiger partial charge in [-0.1, -0.05) is 23.7 Å². The molecule has 2 aromatic heterocycles. The van der Waals surface area contributed by atoms with Gasteiger partial charge in [0, 0.05) is 66.2 Å². The Labute approximate surface area is 217 Å². The largest absolute Gasteiger partial charge is 0.360 e. The summed E-state index contributed by atoms with van der Waals surface area (Å²) >= 11 is 6.13. The van der Waals surface area contributed by atoms with Crippen LogP contribution in [-0.4, -0.2) is 57.3 Å². The highest BCUT2D eigenvalue weighted by atomic mass is 35.5. The van der Waals surface area contributed by atoms with Crippen molar-refractivity contribution in [3.63, 3.8) is 0 Å². The third kappa shape index (κ3) is 4.99. The fraction of sp³-hybridized carbons (Fsp3) is 0.185. The number of carbonyl (C=O) groups is 3. The quantitative estimate of drug-likeness (QED) is 0.377. The molecule has 3 heterocycles. The lowest BCUT2D eigenvalue weighted by molar-refractivity contribution is -0.127. The van der Waals surface area contributed by atoms with Crippen molar-refractivity contribution < 1.29 is 14.4 Å². The van der Waals surface area contributed by atoms with Gasteiger partial charge in [0.2, 0.25) is 5.91 Å². The third-order valence-electron chi connectivity index (χ3n) is 6.52. The van der Waals surface area contributed by atoms with E-state index in [-0.39, 0.29) is 36.4 Å². The lowest BCUT2D eigenvalue weighted by Gasteiger charge is -2.21. The maximum Gasteiger partial charge on any atom is 0.255 e. The monoisotopic (exact) mass is 517 g/mol. The fourth-order valence-corrected chi connectivity index (χ4v) is 4.72. The van der Waals surface area contributed by atoms with Gasteiger partial charge in [-0.3, -0.25) is 23.7 Å². The molecule has 9 nitrogen and oxygen atoms in total. The number of H-pyrrole nitrogens is 1. The average Bonchev–Trinajstić information content (AvgIpc) is 3.47. The number of aromatic nitrogens is 2. The van der Waals surface area contributed by atoms with E-state index in [2.05, 4.69) is 15.6 Å². The SMILES string of the molecule is CC(=O)N1C[C@H](NC(=O)c2ccc(-n3ccccc3=O)cc2)[C@H](NC(=O)c2ccc3c(Cl)c[nH]c3c2)C1. The molecule has 37 heavy (non-hydrogen) atoms. The number of rotatable bonds is 5. The molecular formula is C27H24ClN5O4. The molecule has 0 saturated carbocycles. The van der Waals surface area contributed by atoms with Gasteiger partial charge >= 0.3 is 0 Å². The fourth-order valence-electron chi connectivity index (χ4n) is 4.50. The first-order valence-electron chi connectivity index (χ1n) is 11.7. The van der Waals surface area contributed by atoms with E-state index in [1.807, 2.05) is 0 Å². The van der Waals surface area contributed by atoms with Gasteiger partial charge in [-0.15, -0.1) is 0 Å². The normalized spacial score (nSPS) is 17.1. The van der Waals surface area contributed by atoms with Crippen molar-refractivity contribution in [1.29, 1.82) is 0 Å². The van der Waals surface area contributed by atoms with Gasteiger partial charge in [0.05, 0.1) is 17.1 Å². The van der Waals surface area contributed by atoms with E-state index in [0.29, 0.717) is 21.8 Å². The van der Waals surface area contributed by atoms with Crippen LogP contribution in [0.5, 0.6) is 0 Å². The Morgan fingerprint density at radius 2 is 1.57 bits per heavy atom. The van der Waals surface area contributed by atoms with E-state index in [9.17, 15) is 19.2 Å². The molecule has 0 bridgehead atoms. The first-order valence-corrected chi connectivity index (χ1v) is 12.1. The number of benzene rings is 2. The number of carbonyl (C=O) groups excluding carboxylic acids is 3. The minimum absolute atomic E-state index is 0.142. The molecule has 3 N–H and O–H groups in total. The van der Waals surface area contributed by atoms with E-state index < -0.39 is 12.1 Å². The molecule has 0 radical (unpaired) electrons. The van der Waals surface area contributed by atoms with Crippen molar-refractivity contribution in [3.05, 3.63) is 99.6 Å². The molecular weight excluding hydrogens is 494 g/mol. The third-order valence-corrected chi connectivity index (χ3v) is 6.83. The summed E-state index contributed by atoms with van der Waals surface area (Å²) in [5.41, 5.74) is 2.03. The minimum Gasteiger partial charge on any atom is -0.360 e. The number of aromatic amines is 1. The summed E-state index contributed by atoms with van der Waals surface area (Å²) in [6, 6.07) is 15.7. The smallest absolute Gasteiger partial charge is 0.255 e.